The fourth-order valence-electron chi connectivity index (χ4n) is 3.97. The number of thiazole rings is 1. The van der Waals surface area contributed by atoms with Crippen molar-refractivity contribution in [2.75, 3.05) is 0 Å². The monoisotopic (exact) mass is 400 g/mol. The summed E-state index contributed by atoms with van der Waals surface area (Å²) in [5.74, 6) is -1.27. The summed E-state index contributed by atoms with van der Waals surface area (Å²) in [7, 11) is 0. The van der Waals surface area contributed by atoms with E-state index in [1.54, 1.807) is 30.6 Å². The number of nitrogens with zero attached hydrogens (tertiary/aromatic N) is 1. The van der Waals surface area contributed by atoms with Crippen molar-refractivity contribution in [2.24, 2.45) is 0 Å². The molecule has 0 fully saturated rings. The van der Waals surface area contributed by atoms with Gasteiger partial charge in [-0.1, -0.05) is 12.1 Å². The number of hydrogen-bond donors (Lipinski definition) is 2. The average molecular weight is 400 g/mol. The van der Waals surface area contributed by atoms with Crippen LogP contribution >= 0.6 is 11.3 Å². The molecule has 0 bridgehead atoms. The van der Waals surface area contributed by atoms with Gasteiger partial charge in [0.15, 0.2) is 0 Å². The van der Waals surface area contributed by atoms with Crippen LogP contribution in [0.15, 0.2) is 36.4 Å². The number of rotatable bonds is 3. The number of nitrogens with one attached hydrogen (secondary N) is 1. The summed E-state index contributed by atoms with van der Waals surface area (Å²) in [5, 5.41) is 10.1. The first-order chi connectivity index (χ1) is 13.4. The van der Waals surface area contributed by atoms with Crippen LogP contribution in [0.1, 0.15) is 27.3 Å². The predicted molar refractivity (Wildman–Crippen MR) is 102 cm³/mol. The molecule has 0 saturated heterocycles. The summed E-state index contributed by atoms with van der Waals surface area (Å²) in [5.41, 5.74) is 3.96. The van der Waals surface area contributed by atoms with Crippen molar-refractivity contribution in [1.82, 2.24) is 10.5 Å². The van der Waals surface area contributed by atoms with Gasteiger partial charge in [0.2, 0.25) is 0 Å². The molecule has 2 N–H and O–H groups in total. The van der Waals surface area contributed by atoms with Crippen LogP contribution < -0.4 is 5.48 Å². The van der Waals surface area contributed by atoms with Gasteiger partial charge in [-0.2, -0.15) is 0 Å². The van der Waals surface area contributed by atoms with E-state index < -0.39 is 17.1 Å². The maximum absolute atomic E-state index is 14.1. The van der Waals surface area contributed by atoms with E-state index in [-0.39, 0.29) is 12.2 Å². The maximum Gasteiger partial charge on any atom is 0.254 e. The van der Waals surface area contributed by atoms with Crippen molar-refractivity contribution >= 4 is 17.2 Å². The molecule has 0 spiro atoms. The van der Waals surface area contributed by atoms with Gasteiger partial charge < -0.3 is 0 Å². The molecule has 0 aliphatic heterocycles. The molecule has 1 heterocycles. The Morgan fingerprint density at radius 3 is 2.68 bits per heavy atom. The molecule has 1 amide bonds. The minimum Gasteiger partial charge on any atom is -0.289 e. The van der Waals surface area contributed by atoms with E-state index in [9.17, 15) is 18.8 Å². The van der Waals surface area contributed by atoms with Crippen LogP contribution in [-0.4, -0.2) is 16.1 Å². The van der Waals surface area contributed by atoms with Gasteiger partial charge in [0.25, 0.3) is 5.91 Å². The fourth-order valence-corrected chi connectivity index (χ4v) is 5.25. The molecule has 1 aliphatic carbocycles. The van der Waals surface area contributed by atoms with Gasteiger partial charge in [-0.3, -0.25) is 10.0 Å². The highest BCUT2D eigenvalue weighted by Gasteiger charge is 2.48. The van der Waals surface area contributed by atoms with Gasteiger partial charge in [-0.05, 0) is 54.8 Å². The summed E-state index contributed by atoms with van der Waals surface area (Å²) in [6, 6.07) is 9.19. The second-order valence-corrected chi connectivity index (χ2v) is 8.22. The smallest absolute Gasteiger partial charge is 0.254 e. The number of halogens is 2. The molecule has 1 aromatic heterocycles. The number of carbonyl (C=O) groups excluding carboxylic acids is 1. The second kappa shape index (κ2) is 6.76. The number of fused-ring (bicyclic) bond motifs is 1. The van der Waals surface area contributed by atoms with Crippen LogP contribution in [0.2, 0.25) is 0 Å². The normalized spacial score (nSPS) is 18.2. The topological polar surface area (TPSA) is 62.2 Å². The molecule has 7 heteroatoms. The van der Waals surface area contributed by atoms with Crippen LogP contribution in [-0.2, 0) is 23.1 Å². The lowest BCUT2D eigenvalue weighted by Crippen LogP contribution is -2.44. The number of hydroxylamine groups is 1. The number of carbonyl (C=O) groups is 1. The van der Waals surface area contributed by atoms with Crippen molar-refractivity contribution < 1.29 is 18.8 Å². The van der Waals surface area contributed by atoms with Gasteiger partial charge in [0, 0.05) is 23.3 Å². The minimum absolute atomic E-state index is 0.260. The lowest BCUT2D eigenvalue weighted by atomic mass is 9.75. The molecule has 1 aliphatic rings. The zero-order chi connectivity index (χ0) is 20.1. The molecular weight excluding hydrogens is 382 g/mol. The van der Waals surface area contributed by atoms with Crippen LogP contribution in [0.5, 0.6) is 0 Å². The molecule has 144 valence electrons. The highest BCUT2D eigenvalue weighted by molar-refractivity contribution is 7.15. The Morgan fingerprint density at radius 2 is 2.00 bits per heavy atom. The zero-order valence-corrected chi connectivity index (χ0v) is 16.2. The third-order valence-electron chi connectivity index (χ3n) is 5.45. The molecular formula is C21H18F2N2O2S. The van der Waals surface area contributed by atoms with Crippen LogP contribution in [0.25, 0.3) is 10.6 Å². The van der Waals surface area contributed by atoms with Crippen molar-refractivity contribution in [3.05, 3.63) is 75.3 Å². The predicted octanol–water partition coefficient (Wildman–Crippen LogP) is 4.25. The van der Waals surface area contributed by atoms with Crippen LogP contribution in [0, 0.1) is 25.5 Å². The molecule has 3 aromatic rings. The maximum atomic E-state index is 14.1. The highest BCUT2D eigenvalue weighted by atomic mass is 32.1. The standard InChI is InChI=1S/C21H18F2N2O2S/c1-11-8-13(22)6-7-14(11)19-24-17-9-21(20(26)25-27,10-18(17)28-19)15-4-3-5-16(23)12(15)2/h3-8,27H,9-10H2,1-2H3,(H,25,26)/t21-/m0/s1. The van der Waals surface area contributed by atoms with Crippen LogP contribution in [0.4, 0.5) is 8.78 Å². The molecule has 0 unspecified atom stereocenters. The van der Waals surface area contributed by atoms with Gasteiger partial charge in [0.05, 0.1) is 11.1 Å². The van der Waals surface area contributed by atoms with E-state index in [0.29, 0.717) is 17.5 Å². The third-order valence-corrected chi connectivity index (χ3v) is 6.58. The van der Waals surface area contributed by atoms with Gasteiger partial charge in [-0.15, -0.1) is 11.3 Å². The Morgan fingerprint density at radius 1 is 1.21 bits per heavy atom. The molecule has 4 nitrogen and oxygen atoms in total. The summed E-state index contributed by atoms with van der Waals surface area (Å²) in [6.45, 7) is 3.45. The van der Waals surface area contributed by atoms with Crippen molar-refractivity contribution in [2.45, 2.75) is 32.1 Å². The van der Waals surface area contributed by atoms with E-state index in [2.05, 4.69) is 4.98 Å². The molecule has 2 aromatic carbocycles. The molecule has 28 heavy (non-hydrogen) atoms. The quantitative estimate of drug-likeness (QED) is 0.510. The lowest BCUT2D eigenvalue weighted by molar-refractivity contribution is -0.135. The van der Waals surface area contributed by atoms with Crippen molar-refractivity contribution in [3.63, 3.8) is 0 Å². The van der Waals surface area contributed by atoms with Gasteiger partial charge in [0.1, 0.15) is 16.6 Å². The largest absolute Gasteiger partial charge is 0.289 e. The molecule has 0 radical (unpaired) electrons. The Hall–Kier alpha value is -2.64. The molecule has 1 atom stereocenters. The first-order valence-electron chi connectivity index (χ1n) is 8.81. The van der Waals surface area contributed by atoms with E-state index in [1.807, 2.05) is 6.92 Å². The van der Waals surface area contributed by atoms with E-state index in [0.717, 1.165) is 26.7 Å². The lowest BCUT2D eigenvalue weighted by Gasteiger charge is -2.28. The first-order valence-corrected chi connectivity index (χ1v) is 9.62. The summed E-state index contributed by atoms with van der Waals surface area (Å²) in [4.78, 5) is 18.3. The van der Waals surface area contributed by atoms with E-state index >= 15 is 0 Å². The Balaban J connectivity index is 1.77. The minimum atomic E-state index is -1.11. The number of amides is 1. The third kappa shape index (κ3) is 2.82. The SMILES string of the molecule is Cc1cc(F)ccc1-c1nc2c(s1)C[C@](C(=O)NO)(c1cccc(F)c1C)C2. The summed E-state index contributed by atoms with van der Waals surface area (Å²) < 4.78 is 27.5. The number of benzene rings is 2. The van der Waals surface area contributed by atoms with Gasteiger partial charge in [-0.25, -0.2) is 19.2 Å². The van der Waals surface area contributed by atoms with E-state index in [1.165, 1.54) is 29.5 Å². The number of aromatic nitrogens is 1. The average Bonchev–Trinajstić information content (AvgIpc) is 3.20. The van der Waals surface area contributed by atoms with E-state index in [4.69, 9.17) is 0 Å². The first kappa shape index (κ1) is 18.7. The van der Waals surface area contributed by atoms with Crippen LogP contribution in [0.3, 0.4) is 0 Å². The number of aryl methyl sites for hydroxylation is 1. The summed E-state index contributed by atoms with van der Waals surface area (Å²) >= 11 is 1.44. The zero-order valence-electron chi connectivity index (χ0n) is 15.3. The molecule has 0 saturated carbocycles. The fraction of sp³-hybridized carbons (Fsp3) is 0.238. The summed E-state index contributed by atoms with van der Waals surface area (Å²) in [6.07, 6.45) is 0.576. The molecule has 4 rings (SSSR count). The highest BCUT2D eigenvalue weighted by Crippen LogP contribution is 2.45. The number of hydrogen-bond acceptors (Lipinski definition) is 4. The Kier molecular flexibility index (Phi) is 4.51. The van der Waals surface area contributed by atoms with Crippen molar-refractivity contribution in [3.8, 4) is 10.6 Å². The Labute approximate surface area is 164 Å². The van der Waals surface area contributed by atoms with Crippen molar-refractivity contribution in [1.29, 1.82) is 0 Å². The van der Waals surface area contributed by atoms with Gasteiger partial charge >= 0.3 is 0 Å². The second-order valence-electron chi connectivity index (χ2n) is 7.14. The Bertz CT molecular complexity index is 1070.